The van der Waals surface area contributed by atoms with E-state index in [0.29, 0.717) is 23.8 Å². The molecule has 0 spiro atoms. The van der Waals surface area contributed by atoms with E-state index in [1.54, 1.807) is 13.8 Å². The molecule has 0 saturated heterocycles. The lowest BCUT2D eigenvalue weighted by atomic mass is 10.1. The van der Waals surface area contributed by atoms with E-state index in [2.05, 4.69) is 4.98 Å². The van der Waals surface area contributed by atoms with E-state index in [1.807, 2.05) is 0 Å². The van der Waals surface area contributed by atoms with Crippen molar-refractivity contribution in [3.63, 3.8) is 0 Å². The second-order valence-electron chi connectivity index (χ2n) is 3.77. The van der Waals surface area contributed by atoms with Crippen molar-refractivity contribution in [2.24, 2.45) is 0 Å². The van der Waals surface area contributed by atoms with E-state index in [9.17, 15) is 4.39 Å². The van der Waals surface area contributed by atoms with Crippen LogP contribution in [0.3, 0.4) is 0 Å². The molecule has 1 fully saturated rings. The number of oxazole rings is 1. The smallest absolute Gasteiger partial charge is 0.203 e. The van der Waals surface area contributed by atoms with Gasteiger partial charge in [0.2, 0.25) is 5.89 Å². The van der Waals surface area contributed by atoms with Gasteiger partial charge in [0.25, 0.3) is 0 Å². The van der Waals surface area contributed by atoms with Gasteiger partial charge in [-0.05, 0) is 20.3 Å². The highest BCUT2D eigenvalue weighted by Gasteiger charge is 2.56. The molecule has 1 N–H and O–H groups in total. The van der Waals surface area contributed by atoms with Crippen LogP contribution in [0.2, 0.25) is 0 Å². The Balaban J connectivity index is 2.32. The molecule has 1 saturated carbocycles. The van der Waals surface area contributed by atoms with Crippen LogP contribution < -0.4 is 0 Å². The average Bonchev–Trinajstić information content (AvgIpc) is 2.57. The van der Waals surface area contributed by atoms with Crippen LogP contribution in [0.4, 0.5) is 4.39 Å². The predicted molar refractivity (Wildman–Crippen MR) is 44.0 cm³/mol. The van der Waals surface area contributed by atoms with Crippen molar-refractivity contribution < 1.29 is 13.9 Å². The second kappa shape index (κ2) is 2.54. The third-order valence-corrected chi connectivity index (χ3v) is 2.66. The van der Waals surface area contributed by atoms with Crippen LogP contribution >= 0.6 is 0 Å². The van der Waals surface area contributed by atoms with Crippen LogP contribution in [0.25, 0.3) is 0 Å². The number of rotatable bonds is 2. The highest BCUT2D eigenvalue weighted by atomic mass is 19.1. The van der Waals surface area contributed by atoms with Gasteiger partial charge in [-0.15, -0.1) is 0 Å². The lowest BCUT2D eigenvalue weighted by molar-refractivity contribution is 0.237. The fraction of sp³-hybridized carbons (Fsp3) is 0.667. The summed E-state index contributed by atoms with van der Waals surface area (Å²) >= 11 is 0. The van der Waals surface area contributed by atoms with E-state index in [1.165, 1.54) is 0 Å². The minimum absolute atomic E-state index is 0.175. The van der Waals surface area contributed by atoms with Crippen LogP contribution in [-0.4, -0.2) is 16.3 Å². The fourth-order valence-corrected chi connectivity index (χ4v) is 1.35. The van der Waals surface area contributed by atoms with Crippen molar-refractivity contribution in [3.05, 3.63) is 17.3 Å². The van der Waals surface area contributed by atoms with Gasteiger partial charge in [0.1, 0.15) is 12.8 Å². The van der Waals surface area contributed by atoms with Crippen molar-refractivity contribution in [3.8, 4) is 0 Å². The number of aliphatic hydroxyl groups excluding tert-OH is 1. The Bertz CT molecular complexity index is 336. The molecule has 0 radical (unpaired) electrons. The zero-order valence-corrected chi connectivity index (χ0v) is 7.67. The normalized spacial score (nSPS) is 32.2. The molecule has 1 aromatic heterocycles. The summed E-state index contributed by atoms with van der Waals surface area (Å²) in [5.41, 5.74) is 0.107. The number of nitrogens with zero attached hydrogens (tertiary/aromatic N) is 1. The summed E-state index contributed by atoms with van der Waals surface area (Å²) in [7, 11) is 0. The highest BCUT2D eigenvalue weighted by molar-refractivity contribution is 5.23. The molecule has 0 aliphatic heterocycles. The lowest BCUT2D eigenvalue weighted by Crippen LogP contribution is -2.04. The molecular weight excluding hydrogens is 173 g/mol. The molecule has 72 valence electrons. The molecule has 3 nitrogen and oxygen atoms in total. The molecule has 2 rings (SSSR count). The van der Waals surface area contributed by atoms with Gasteiger partial charge in [0, 0.05) is 0 Å². The highest BCUT2D eigenvalue weighted by Crippen LogP contribution is 2.50. The number of alkyl halides is 1. The quantitative estimate of drug-likeness (QED) is 0.759. The summed E-state index contributed by atoms with van der Waals surface area (Å²) in [5, 5.41) is 8.86. The summed E-state index contributed by atoms with van der Waals surface area (Å²) in [6.07, 6.45) is -0.380. The Hall–Kier alpha value is -0.900. The Morgan fingerprint density at radius 2 is 2.38 bits per heavy atom. The molecule has 0 aromatic carbocycles. The maximum atomic E-state index is 12.9. The number of aryl methyl sites for hydroxylation is 1. The average molecular weight is 185 g/mol. The Morgan fingerprint density at radius 3 is 2.77 bits per heavy atom. The molecule has 1 aliphatic carbocycles. The SMILES string of the molecule is Cc1nc(C2(C)CC2F)oc1CO. The molecule has 13 heavy (non-hydrogen) atoms. The van der Waals surface area contributed by atoms with E-state index < -0.39 is 11.6 Å². The Kier molecular flexibility index (Phi) is 1.70. The van der Waals surface area contributed by atoms with Gasteiger partial charge >= 0.3 is 0 Å². The van der Waals surface area contributed by atoms with E-state index >= 15 is 0 Å². The third kappa shape index (κ3) is 1.16. The second-order valence-corrected chi connectivity index (χ2v) is 3.77. The van der Waals surface area contributed by atoms with Gasteiger partial charge < -0.3 is 9.52 Å². The number of hydrogen-bond donors (Lipinski definition) is 1. The van der Waals surface area contributed by atoms with Gasteiger partial charge in [0.05, 0.1) is 11.1 Å². The van der Waals surface area contributed by atoms with E-state index in [4.69, 9.17) is 9.52 Å². The summed E-state index contributed by atoms with van der Waals surface area (Å²) in [5.74, 6) is 0.858. The molecule has 2 atom stereocenters. The van der Waals surface area contributed by atoms with Gasteiger partial charge in [0.15, 0.2) is 5.76 Å². The summed E-state index contributed by atoms with van der Waals surface area (Å²) in [4.78, 5) is 4.10. The van der Waals surface area contributed by atoms with Crippen molar-refractivity contribution in [2.75, 3.05) is 0 Å². The first kappa shape index (κ1) is 8.69. The minimum atomic E-state index is -0.850. The number of aromatic nitrogens is 1. The van der Waals surface area contributed by atoms with E-state index in [-0.39, 0.29) is 6.61 Å². The van der Waals surface area contributed by atoms with Crippen LogP contribution in [0, 0.1) is 6.92 Å². The first-order valence-electron chi connectivity index (χ1n) is 4.29. The summed E-state index contributed by atoms with van der Waals surface area (Å²) < 4.78 is 18.2. The topological polar surface area (TPSA) is 46.3 Å². The summed E-state index contributed by atoms with van der Waals surface area (Å²) in [6.45, 7) is 3.35. The van der Waals surface area contributed by atoms with E-state index in [0.717, 1.165) is 0 Å². The first-order chi connectivity index (χ1) is 6.08. The van der Waals surface area contributed by atoms with Gasteiger partial charge in [-0.25, -0.2) is 9.37 Å². The number of hydrogen-bond acceptors (Lipinski definition) is 3. The summed E-state index contributed by atoms with van der Waals surface area (Å²) in [6, 6.07) is 0. The number of aliphatic hydroxyl groups is 1. The minimum Gasteiger partial charge on any atom is -0.442 e. The number of halogens is 1. The van der Waals surface area contributed by atoms with Crippen molar-refractivity contribution >= 4 is 0 Å². The Morgan fingerprint density at radius 1 is 1.77 bits per heavy atom. The van der Waals surface area contributed by atoms with Crippen LogP contribution in [0.15, 0.2) is 4.42 Å². The lowest BCUT2D eigenvalue weighted by Gasteiger charge is -2.00. The molecule has 4 heteroatoms. The molecule has 1 heterocycles. The third-order valence-electron chi connectivity index (χ3n) is 2.66. The molecular formula is C9H12FNO2. The monoisotopic (exact) mass is 185 g/mol. The zero-order chi connectivity index (χ0) is 9.64. The Labute approximate surface area is 75.6 Å². The largest absolute Gasteiger partial charge is 0.442 e. The van der Waals surface area contributed by atoms with Gasteiger partial charge in [-0.1, -0.05) is 0 Å². The maximum absolute atomic E-state index is 12.9. The van der Waals surface area contributed by atoms with Crippen molar-refractivity contribution in [1.82, 2.24) is 4.98 Å². The van der Waals surface area contributed by atoms with Crippen molar-refractivity contribution in [1.29, 1.82) is 0 Å². The molecule has 0 bridgehead atoms. The molecule has 1 aliphatic rings. The standard InChI is InChI=1S/C9H12FNO2/c1-5-6(4-12)13-8(11-5)9(2)3-7(9)10/h7,12H,3-4H2,1-2H3. The van der Waals surface area contributed by atoms with Crippen LogP contribution in [0.1, 0.15) is 30.7 Å². The van der Waals surface area contributed by atoms with Gasteiger partial charge in [-0.3, -0.25) is 0 Å². The van der Waals surface area contributed by atoms with Crippen LogP contribution in [-0.2, 0) is 12.0 Å². The predicted octanol–water partition coefficient (Wildman–Crippen LogP) is 1.47. The first-order valence-corrected chi connectivity index (χ1v) is 4.29. The molecule has 1 aromatic rings. The van der Waals surface area contributed by atoms with Crippen LogP contribution in [0.5, 0.6) is 0 Å². The fourth-order valence-electron chi connectivity index (χ4n) is 1.35. The molecule has 2 unspecified atom stereocenters. The maximum Gasteiger partial charge on any atom is 0.203 e. The van der Waals surface area contributed by atoms with Gasteiger partial charge in [-0.2, -0.15) is 0 Å². The molecule has 0 amide bonds. The van der Waals surface area contributed by atoms with Crippen molar-refractivity contribution in [2.45, 2.75) is 38.5 Å². The zero-order valence-electron chi connectivity index (χ0n) is 7.67.